The van der Waals surface area contributed by atoms with E-state index in [1.165, 1.54) is 28.8 Å². The summed E-state index contributed by atoms with van der Waals surface area (Å²) in [4.78, 5) is 1.45. The maximum absolute atomic E-state index is 13.5. The van der Waals surface area contributed by atoms with Gasteiger partial charge in [0.2, 0.25) is 0 Å². The SMILES string of the molecule is CNCC(Cc1cccs1)C1CCCc2cc(F)ccc21. The molecule has 0 aliphatic heterocycles. The van der Waals surface area contributed by atoms with E-state index in [9.17, 15) is 4.39 Å². The highest BCUT2D eigenvalue weighted by atomic mass is 32.1. The average molecular weight is 303 g/mol. The van der Waals surface area contributed by atoms with Gasteiger partial charge in [-0.1, -0.05) is 12.1 Å². The molecule has 0 spiro atoms. The van der Waals surface area contributed by atoms with E-state index in [2.05, 4.69) is 22.8 Å². The van der Waals surface area contributed by atoms with Crippen LogP contribution in [0.1, 0.15) is 34.8 Å². The lowest BCUT2D eigenvalue weighted by Gasteiger charge is -2.32. The van der Waals surface area contributed by atoms with Crippen LogP contribution in [0.15, 0.2) is 35.7 Å². The van der Waals surface area contributed by atoms with Gasteiger partial charge in [0.1, 0.15) is 5.82 Å². The second kappa shape index (κ2) is 6.71. The van der Waals surface area contributed by atoms with Gasteiger partial charge in [0, 0.05) is 4.88 Å². The predicted octanol–water partition coefficient (Wildman–Crippen LogP) is 4.39. The van der Waals surface area contributed by atoms with Crippen LogP contribution in [0, 0.1) is 11.7 Å². The third kappa shape index (κ3) is 3.35. The average Bonchev–Trinajstić information content (AvgIpc) is 2.99. The van der Waals surface area contributed by atoms with Crippen molar-refractivity contribution >= 4 is 11.3 Å². The van der Waals surface area contributed by atoms with Crippen molar-refractivity contribution in [3.8, 4) is 0 Å². The number of thiophene rings is 1. The molecule has 0 saturated carbocycles. The minimum Gasteiger partial charge on any atom is -0.319 e. The molecule has 0 radical (unpaired) electrons. The van der Waals surface area contributed by atoms with Crippen molar-refractivity contribution < 1.29 is 4.39 Å². The largest absolute Gasteiger partial charge is 0.319 e. The third-order valence-corrected chi connectivity index (χ3v) is 5.44. The second-order valence-corrected chi connectivity index (χ2v) is 6.98. The standard InChI is InChI=1S/C18H22FNS/c1-20-12-14(11-16-5-3-9-21-16)17-6-2-4-13-10-15(19)7-8-18(13)17/h3,5,7-10,14,17,20H,2,4,6,11-12H2,1H3. The molecule has 2 aromatic rings. The van der Waals surface area contributed by atoms with Crippen LogP contribution in [0.3, 0.4) is 0 Å². The van der Waals surface area contributed by atoms with Gasteiger partial charge >= 0.3 is 0 Å². The monoisotopic (exact) mass is 303 g/mol. The maximum atomic E-state index is 13.5. The highest BCUT2D eigenvalue weighted by molar-refractivity contribution is 7.09. The first-order valence-corrected chi connectivity index (χ1v) is 8.61. The molecule has 3 rings (SSSR count). The molecule has 0 amide bonds. The van der Waals surface area contributed by atoms with Crippen LogP contribution < -0.4 is 5.32 Å². The van der Waals surface area contributed by atoms with E-state index >= 15 is 0 Å². The highest BCUT2D eigenvalue weighted by Gasteiger charge is 2.28. The van der Waals surface area contributed by atoms with Crippen LogP contribution in [0.2, 0.25) is 0 Å². The first kappa shape index (κ1) is 14.7. The van der Waals surface area contributed by atoms with Crippen LogP contribution in [-0.4, -0.2) is 13.6 Å². The first-order chi connectivity index (χ1) is 10.3. The van der Waals surface area contributed by atoms with Gasteiger partial charge in [-0.2, -0.15) is 0 Å². The van der Waals surface area contributed by atoms with Gasteiger partial charge in [0.05, 0.1) is 0 Å². The number of hydrogen-bond donors (Lipinski definition) is 1. The highest BCUT2D eigenvalue weighted by Crippen LogP contribution is 2.38. The Bertz CT molecular complexity index is 579. The topological polar surface area (TPSA) is 12.0 Å². The molecule has 2 unspecified atom stereocenters. The molecule has 0 bridgehead atoms. The Balaban J connectivity index is 1.86. The number of hydrogen-bond acceptors (Lipinski definition) is 2. The fraction of sp³-hybridized carbons (Fsp3) is 0.444. The summed E-state index contributed by atoms with van der Waals surface area (Å²) in [5, 5.41) is 5.50. The lowest BCUT2D eigenvalue weighted by Crippen LogP contribution is -2.28. The Hall–Kier alpha value is -1.19. The number of nitrogens with one attached hydrogen (secondary N) is 1. The van der Waals surface area contributed by atoms with Gasteiger partial charge in [-0.15, -0.1) is 11.3 Å². The fourth-order valence-electron chi connectivity index (χ4n) is 3.62. The molecule has 1 aliphatic carbocycles. The molecule has 3 heteroatoms. The van der Waals surface area contributed by atoms with Crippen LogP contribution in [0.4, 0.5) is 4.39 Å². The molecule has 0 fully saturated rings. The molecule has 1 heterocycles. The second-order valence-electron chi connectivity index (χ2n) is 5.94. The zero-order chi connectivity index (χ0) is 14.7. The van der Waals surface area contributed by atoms with Crippen molar-refractivity contribution in [3.05, 3.63) is 57.5 Å². The van der Waals surface area contributed by atoms with Crippen molar-refractivity contribution in [2.24, 2.45) is 5.92 Å². The number of fused-ring (bicyclic) bond motifs is 1. The van der Waals surface area contributed by atoms with E-state index in [0.717, 1.165) is 19.4 Å². The van der Waals surface area contributed by atoms with Crippen molar-refractivity contribution in [1.29, 1.82) is 0 Å². The van der Waals surface area contributed by atoms with Crippen LogP contribution in [0.5, 0.6) is 0 Å². The molecule has 1 aliphatic rings. The van der Waals surface area contributed by atoms with Gasteiger partial charge in [0.15, 0.2) is 0 Å². The Morgan fingerprint density at radius 3 is 3.05 bits per heavy atom. The van der Waals surface area contributed by atoms with Crippen LogP contribution in [0.25, 0.3) is 0 Å². The van der Waals surface area contributed by atoms with Gasteiger partial charge in [-0.05, 0) is 85.8 Å². The number of rotatable bonds is 5. The molecular formula is C18H22FNS. The van der Waals surface area contributed by atoms with E-state index in [4.69, 9.17) is 0 Å². The number of benzene rings is 1. The molecule has 112 valence electrons. The zero-order valence-electron chi connectivity index (χ0n) is 12.4. The Morgan fingerprint density at radius 2 is 2.29 bits per heavy atom. The van der Waals surface area contributed by atoms with Gasteiger partial charge in [-0.25, -0.2) is 4.39 Å². The van der Waals surface area contributed by atoms with E-state index in [1.807, 2.05) is 24.5 Å². The minimum atomic E-state index is -0.0992. The summed E-state index contributed by atoms with van der Waals surface area (Å²) in [5.74, 6) is 1.03. The Morgan fingerprint density at radius 1 is 1.38 bits per heavy atom. The molecule has 21 heavy (non-hydrogen) atoms. The van der Waals surface area contributed by atoms with Gasteiger partial charge < -0.3 is 5.32 Å². The van der Waals surface area contributed by atoms with Gasteiger partial charge in [0.25, 0.3) is 0 Å². The maximum Gasteiger partial charge on any atom is 0.123 e. The van der Waals surface area contributed by atoms with Crippen molar-refractivity contribution in [1.82, 2.24) is 5.32 Å². The molecule has 1 aromatic carbocycles. The molecule has 1 N–H and O–H groups in total. The zero-order valence-corrected chi connectivity index (χ0v) is 13.3. The smallest absolute Gasteiger partial charge is 0.123 e. The summed E-state index contributed by atoms with van der Waals surface area (Å²) >= 11 is 1.84. The van der Waals surface area contributed by atoms with Crippen molar-refractivity contribution in [3.63, 3.8) is 0 Å². The van der Waals surface area contributed by atoms with Gasteiger partial charge in [-0.3, -0.25) is 0 Å². The first-order valence-electron chi connectivity index (χ1n) is 7.73. The molecule has 1 nitrogen and oxygen atoms in total. The van der Waals surface area contributed by atoms with E-state index < -0.39 is 0 Å². The fourth-order valence-corrected chi connectivity index (χ4v) is 4.42. The summed E-state index contributed by atoms with van der Waals surface area (Å²) in [6.45, 7) is 1.01. The quantitative estimate of drug-likeness (QED) is 0.864. The lowest BCUT2D eigenvalue weighted by atomic mass is 9.74. The summed E-state index contributed by atoms with van der Waals surface area (Å²) in [6.07, 6.45) is 4.52. The summed E-state index contributed by atoms with van der Waals surface area (Å²) in [6, 6.07) is 9.73. The summed E-state index contributed by atoms with van der Waals surface area (Å²) < 4.78 is 13.5. The van der Waals surface area contributed by atoms with E-state index in [1.54, 1.807) is 12.1 Å². The molecular weight excluding hydrogens is 281 g/mol. The predicted molar refractivity (Wildman–Crippen MR) is 87.5 cm³/mol. The van der Waals surface area contributed by atoms with E-state index in [0.29, 0.717) is 11.8 Å². The molecule has 2 atom stereocenters. The minimum absolute atomic E-state index is 0.0992. The Labute approximate surface area is 130 Å². The van der Waals surface area contributed by atoms with Crippen molar-refractivity contribution in [2.75, 3.05) is 13.6 Å². The molecule has 1 aromatic heterocycles. The lowest BCUT2D eigenvalue weighted by molar-refractivity contribution is 0.367. The number of halogens is 1. The summed E-state index contributed by atoms with van der Waals surface area (Å²) in [5.41, 5.74) is 2.60. The van der Waals surface area contributed by atoms with Crippen molar-refractivity contribution in [2.45, 2.75) is 31.6 Å². The third-order valence-electron chi connectivity index (χ3n) is 4.54. The summed E-state index contributed by atoms with van der Waals surface area (Å²) in [7, 11) is 2.02. The van der Waals surface area contributed by atoms with E-state index in [-0.39, 0.29) is 5.82 Å². The normalized spacial score (nSPS) is 19.2. The number of aryl methyl sites for hydroxylation is 1. The molecule has 0 saturated heterocycles. The van der Waals surface area contributed by atoms with Crippen LogP contribution in [-0.2, 0) is 12.8 Å². The Kier molecular flexibility index (Phi) is 4.71. The van der Waals surface area contributed by atoms with Crippen LogP contribution >= 0.6 is 11.3 Å².